The molecule has 1 aromatic heterocycles. The van der Waals surface area contributed by atoms with Gasteiger partial charge >= 0.3 is 0 Å². The Morgan fingerprint density at radius 2 is 2.13 bits per heavy atom. The molecule has 0 saturated carbocycles. The Labute approximate surface area is 133 Å². The van der Waals surface area contributed by atoms with Crippen molar-refractivity contribution in [1.29, 1.82) is 0 Å². The van der Waals surface area contributed by atoms with Gasteiger partial charge in [-0.25, -0.2) is 23.7 Å². The van der Waals surface area contributed by atoms with Crippen LogP contribution in [0.1, 0.15) is 30.0 Å². The zero-order chi connectivity index (χ0) is 16.7. The first kappa shape index (κ1) is 16.7. The zero-order valence-electron chi connectivity index (χ0n) is 12.6. The molecule has 2 atom stereocenters. The lowest BCUT2D eigenvalue weighted by atomic mass is 9.84. The lowest BCUT2D eigenvalue weighted by Gasteiger charge is -2.23. The fourth-order valence-corrected chi connectivity index (χ4v) is 2.35. The third kappa shape index (κ3) is 4.38. The van der Waals surface area contributed by atoms with E-state index in [4.69, 9.17) is 5.73 Å². The van der Waals surface area contributed by atoms with Crippen molar-refractivity contribution in [3.63, 3.8) is 0 Å². The van der Waals surface area contributed by atoms with Gasteiger partial charge in [-0.1, -0.05) is 13.0 Å². The van der Waals surface area contributed by atoms with Gasteiger partial charge in [0.05, 0.1) is 6.34 Å². The number of aliphatic imine (C=N–C) groups is 2. The Morgan fingerprint density at radius 1 is 1.30 bits per heavy atom. The molecule has 0 amide bonds. The van der Waals surface area contributed by atoms with Crippen LogP contribution >= 0.6 is 0 Å². The van der Waals surface area contributed by atoms with E-state index in [1.54, 1.807) is 12.3 Å². The number of nitrogens with two attached hydrogens (primary N) is 1. The minimum Gasteiger partial charge on any atom is -0.390 e. The van der Waals surface area contributed by atoms with Crippen LogP contribution in [-0.4, -0.2) is 29.2 Å². The molecule has 0 spiro atoms. The number of rotatable bonds is 6. The van der Waals surface area contributed by atoms with Crippen molar-refractivity contribution in [3.05, 3.63) is 59.7 Å². The van der Waals surface area contributed by atoms with Gasteiger partial charge < -0.3 is 5.73 Å². The van der Waals surface area contributed by atoms with Gasteiger partial charge in [0.15, 0.2) is 0 Å². The van der Waals surface area contributed by atoms with E-state index in [2.05, 4.69) is 20.0 Å². The van der Waals surface area contributed by atoms with Gasteiger partial charge in [-0.15, -0.1) is 0 Å². The SMILES string of the molecule is CC(c1ccncn1)[C@H](CN=CN=CN)c1ccc(F)cc1F. The minimum atomic E-state index is -0.615. The second-order valence-corrected chi connectivity index (χ2v) is 4.97. The fourth-order valence-electron chi connectivity index (χ4n) is 2.35. The highest BCUT2D eigenvalue weighted by Gasteiger charge is 2.24. The lowest BCUT2D eigenvalue weighted by molar-refractivity contribution is 0.516. The summed E-state index contributed by atoms with van der Waals surface area (Å²) in [6.45, 7) is 2.18. The van der Waals surface area contributed by atoms with Crippen LogP contribution in [0.2, 0.25) is 0 Å². The molecule has 1 aromatic carbocycles. The average molecular weight is 317 g/mol. The van der Waals surface area contributed by atoms with E-state index < -0.39 is 11.6 Å². The Balaban J connectivity index is 2.34. The van der Waals surface area contributed by atoms with Crippen molar-refractivity contribution < 1.29 is 8.78 Å². The molecular weight excluding hydrogens is 300 g/mol. The van der Waals surface area contributed by atoms with E-state index >= 15 is 0 Å². The van der Waals surface area contributed by atoms with Crippen molar-refractivity contribution in [3.8, 4) is 0 Å². The van der Waals surface area contributed by atoms with E-state index in [0.717, 1.165) is 18.1 Å². The second-order valence-electron chi connectivity index (χ2n) is 4.97. The number of halogens is 2. The highest BCUT2D eigenvalue weighted by atomic mass is 19.1. The second kappa shape index (κ2) is 8.07. The van der Waals surface area contributed by atoms with E-state index in [1.165, 1.54) is 24.8 Å². The third-order valence-corrected chi connectivity index (χ3v) is 3.57. The van der Waals surface area contributed by atoms with Gasteiger partial charge in [-0.2, -0.15) is 0 Å². The van der Waals surface area contributed by atoms with Crippen LogP contribution in [0.4, 0.5) is 8.78 Å². The predicted molar refractivity (Wildman–Crippen MR) is 85.6 cm³/mol. The van der Waals surface area contributed by atoms with Crippen LogP contribution in [0.25, 0.3) is 0 Å². The van der Waals surface area contributed by atoms with Crippen LogP contribution in [0.3, 0.4) is 0 Å². The quantitative estimate of drug-likeness (QED) is 0.657. The summed E-state index contributed by atoms with van der Waals surface area (Å²) in [6, 6.07) is 5.31. The maximum Gasteiger partial charge on any atom is 0.129 e. The zero-order valence-corrected chi connectivity index (χ0v) is 12.6. The standard InChI is InChI=1S/C16H17F2N5/c1-11(16-4-5-20-10-23-16)14(7-21-9-22-8-19)13-3-2-12(17)6-15(13)18/h2-6,8-11,14H,7H2,1H3,(H2,19,21,22)/t11?,14-/m0/s1. The van der Waals surface area contributed by atoms with Crippen molar-refractivity contribution in [2.75, 3.05) is 6.54 Å². The third-order valence-electron chi connectivity index (χ3n) is 3.57. The topological polar surface area (TPSA) is 76.5 Å². The normalized spacial score (nSPS) is 14.4. The summed E-state index contributed by atoms with van der Waals surface area (Å²) in [6.07, 6.45) is 5.48. The number of benzene rings is 1. The molecule has 0 fully saturated rings. The Hall–Kier alpha value is -2.70. The number of hydrogen-bond donors (Lipinski definition) is 1. The average Bonchev–Trinajstić information content (AvgIpc) is 2.56. The van der Waals surface area contributed by atoms with Crippen molar-refractivity contribution in [1.82, 2.24) is 9.97 Å². The van der Waals surface area contributed by atoms with Crippen molar-refractivity contribution >= 4 is 12.7 Å². The maximum absolute atomic E-state index is 14.2. The first-order valence-electron chi connectivity index (χ1n) is 7.06. The molecule has 1 heterocycles. The molecule has 0 aliphatic heterocycles. The molecule has 0 saturated heterocycles. The first-order chi connectivity index (χ1) is 11.1. The van der Waals surface area contributed by atoms with Crippen LogP contribution in [0, 0.1) is 11.6 Å². The summed E-state index contributed by atoms with van der Waals surface area (Å²) in [5.41, 5.74) is 6.28. The molecular formula is C16H17F2N5. The number of nitrogens with zero attached hydrogens (tertiary/aromatic N) is 4. The highest BCUT2D eigenvalue weighted by Crippen LogP contribution is 2.33. The molecule has 2 N–H and O–H groups in total. The van der Waals surface area contributed by atoms with Gasteiger partial charge in [0.1, 0.15) is 24.3 Å². The number of aromatic nitrogens is 2. The summed E-state index contributed by atoms with van der Waals surface area (Å²) >= 11 is 0. The Morgan fingerprint density at radius 3 is 2.78 bits per heavy atom. The van der Waals surface area contributed by atoms with Crippen LogP contribution in [0.5, 0.6) is 0 Å². The van der Waals surface area contributed by atoms with E-state index in [1.807, 2.05) is 6.92 Å². The van der Waals surface area contributed by atoms with Gasteiger partial charge in [-0.3, -0.25) is 4.99 Å². The van der Waals surface area contributed by atoms with Crippen LogP contribution in [-0.2, 0) is 0 Å². The smallest absolute Gasteiger partial charge is 0.129 e. The van der Waals surface area contributed by atoms with E-state index in [9.17, 15) is 8.78 Å². The van der Waals surface area contributed by atoms with E-state index in [0.29, 0.717) is 5.56 Å². The lowest BCUT2D eigenvalue weighted by Crippen LogP contribution is -2.15. The van der Waals surface area contributed by atoms with Crippen LogP contribution in [0.15, 0.2) is 46.8 Å². The molecule has 2 aromatic rings. The first-order valence-corrected chi connectivity index (χ1v) is 7.06. The largest absolute Gasteiger partial charge is 0.390 e. The molecule has 23 heavy (non-hydrogen) atoms. The van der Waals surface area contributed by atoms with Gasteiger partial charge in [0.25, 0.3) is 0 Å². The minimum absolute atomic E-state index is 0.142. The maximum atomic E-state index is 14.2. The summed E-state index contributed by atoms with van der Waals surface area (Å²) in [5.74, 6) is -1.68. The van der Waals surface area contributed by atoms with Gasteiger partial charge in [0.2, 0.25) is 0 Å². The van der Waals surface area contributed by atoms with Crippen LogP contribution < -0.4 is 5.73 Å². The molecule has 0 radical (unpaired) electrons. The van der Waals surface area contributed by atoms with Gasteiger partial charge in [-0.05, 0) is 17.7 Å². The summed E-state index contributed by atoms with van der Waals surface area (Å²) < 4.78 is 27.3. The number of hydrogen-bond acceptors (Lipinski definition) is 3. The van der Waals surface area contributed by atoms with Gasteiger partial charge in [0, 0.05) is 36.3 Å². The summed E-state index contributed by atoms with van der Waals surface area (Å²) in [7, 11) is 0. The van der Waals surface area contributed by atoms with Crippen molar-refractivity contribution in [2.45, 2.75) is 18.8 Å². The molecule has 0 aliphatic carbocycles. The molecule has 2 rings (SSSR count). The fraction of sp³-hybridized carbons (Fsp3) is 0.250. The summed E-state index contributed by atoms with van der Waals surface area (Å²) in [5, 5.41) is 0. The van der Waals surface area contributed by atoms with E-state index in [-0.39, 0.29) is 18.4 Å². The highest BCUT2D eigenvalue weighted by molar-refractivity contribution is 5.69. The monoisotopic (exact) mass is 317 g/mol. The molecule has 0 aliphatic rings. The molecule has 7 heteroatoms. The molecule has 1 unspecified atom stereocenters. The Bertz CT molecular complexity index is 688. The molecule has 5 nitrogen and oxygen atoms in total. The molecule has 120 valence electrons. The van der Waals surface area contributed by atoms with Crippen molar-refractivity contribution in [2.24, 2.45) is 15.7 Å². The predicted octanol–water partition coefficient (Wildman–Crippen LogP) is 2.66. The molecule has 0 bridgehead atoms. The Kier molecular flexibility index (Phi) is 5.85. The summed E-state index contributed by atoms with van der Waals surface area (Å²) in [4.78, 5) is 15.9.